The zero-order valence-electron chi connectivity index (χ0n) is 12.1. The van der Waals surface area contributed by atoms with Gasteiger partial charge in [-0.2, -0.15) is 0 Å². The summed E-state index contributed by atoms with van der Waals surface area (Å²) in [5, 5.41) is 0. The maximum atomic E-state index is 12.4. The summed E-state index contributed by atoms with van der Waals surface area (Å²) in [6.45, 7) is 8.79. The average Bonchev–Trinajstić information content (AvgIpc) is 2.34. The van der Waals surface area contributed by atoms with Crippen molar-refractivity contribution in [2.45, 2.75) is 39.2 Å². The van der Waals surface area contributed by atoms with Gasteiger partial charge in [-0.05, 0) is 37.5 Å². The molecule has 0 aliphatic carbocycles. The highest BCUT2D eigenvalue weighted by molar-refractivity contribution is 6.02. The molecule has 2 N–H and O–H groups in total. The van der Waals surface area contributed by atoms with Crippen LogP contribution in [0.5, 0.6) is 5.75 Å². The van der Waals surface area contributed by atoms with Gasteiger partial charge in [0.1, 0.15) is 5.75 Å². The lowest BCUT2D eigenvalue weighted by atomic mass is 9.99. The molecule has 1 aliphatic heterocycles. The van der Waals surface area contributed by atoms with Gasteiger partial charge in [-0.25, -0.2) is 0 Å². The van der Waals surface area contributed by atoms with E-state index in [2.05, 4.69) is 19.9 Å². The number of fused-ring (bicyclic) bond motifs is 1. The Hall–Kier alpha value is -1.55. The minimum Gasteiger partial charge on any atom is -0.476 e. The Morgan fingerprint density at radius 2 is 2.05 bits per heavy atom. The van der Waals surface area contributed by atoms with Crippen LogP contribution in [0.2, 0.25) is 0 Å². The normalized spacial score (nSPS) is 17.4. The SMILES string of the molecule is CC(C)c1ccc2c(c1)N(CCN)C(=O)C(C)(C)O2. The summed E-state index contributed by atoms with van der Waals surface area (Å²) in [7, 11) is 0. The molecule has 0 saturated carbocycles. The van der Waals surface area contributed by atoms with Crippen molar-refractivity contribution in [2.75, 3.05) is 18.0 Å². The van der Waals surface area contributed by atoms with Crippen molar-refractivity contribution in [1.29, 1.82) is 0 Å². The molecule has 4 heteroatoms. The third kappa shape index (κ3) is 2.45. The number of anilines is 1. The molecule has 0 fully saturated rings. The van der Waals surface area contributed by atoms with Crippen molar-refractivity contribution in [2.24, 2.45) is 5.73 Å². The van der Waals surface area contributed by atoms with Crippen molar-refractivity contribution in [3.8, 4) is 5.75 Å². The number of hydrogen-bond acceptors (Lipinski definition) is 3. The maximum absolute atomic E-state index is 12.4. The van der Waals surface area contributed by atoms with Crippen molar-refractivity contribution in [1.82, 2.24) is 0 Å². The minimum atomic E-state index is -0.832. The van der Waals surface area contributed by atoms with Crippen LogP contribution in [-0.4, -0.2) is 24.6 Å². The highest BCUT2D eigenvalue weighted by atomic mass is 16.5. The highest BCUT2D eigenvalue weighted by Gasteiger charge is 2.40. The third-order valence-electron chi connectivity index (χ3n) is 3.42. The Balaban J connectivity index is 2.50. The Bertz CT molecular complexity index is 495. The second-order valence-electron chi connectivity index (χ2n) is 5.74. The summed E-state index contributed by atoms with van der Waals surface area (Å²) in [4.78, 5) is 14.2. The van der Waals surface area contributed by atoms with Crippen LogP contribution in [0, 0.1) is 0 Å². The van der Waals surface area contributed by atoms with Crippen molar-refractivity contribution >= 4 is 11.6 Å². The summed E-state index contributed by atoms with van der Waals surface area (Å²) in [6.07, 6.45) is 0. The fourth-order valence-electron chi connectivity index (χ4n) is 2.29. The fourth-order valence-corrected chi connectivity index (χ4v) is 2.29. The van der Waals surface area contributed by atoms with Gasteiger partial charge in [-0.1, -0.05) is 19.9 Å². The topological polar surface area (TPSA) is 55.6 Å². The lowest BCUT2D eigenvalue weighted by Gasteiger charge is -2.39. The Morgan fingerprint density at radius 1 is 1.37 bits per heavy atom. The van der Waals surface area contributed by atoms with E-state index in [0.29, 0.717) is 19.0 Å². The van der Waals surface area contributed by atoms with E-state index in [9.17, 15) is 4.79 Å². The van der Waals surface area contributed by atoms with Crippen LogP contribution < -0.4 is 15.4 Å². The van der Waals surface area contributed by atoms with E-state index in [-0.39, 0.29) is 5.91 Å². The van der Waals surface area contributed by atoms with Crippen LogP contribution in [0.25, 0.3) is 0 Å². The Kier molecular flexibility index (Phi) is 3.54. The van der Waals surface area contributed by atoms with Crippen LogP contribution in [0.1, 0.15) is 39.2 Å². The van der Waals surface area contributed by atoms with E-state index in [0.717, 1.165) is 11.4 Å². The molecule has 1 aromatic carbocycles. The molecule has 19 heavy (non-hydrogen) atoms. The molecule has 0 atom stereocenters. The van der Waals surface area contributed by atoms with Gasteiger partial charge in [0.25, 0.3) is 5.91 Å². The summed E-state index contributed by atoms with van der Waals surface area (Å²) >= 11 is 0. The first-order chi connectivity index (χ1) is 8.86. The number of ether oxygens (including phenoxy) is 1. The molecule has 2 rings (SSSR count). The summed E-state index contributed by atoms with van der Waals surface area (Å²) in [6, 6.07) is 6.03. The van der Waals surface area contributed by atoms with Gasteiger partial charge in [-0.3, -0.25) is 4.79 Å². The maximum Gasteiger partial charge on any atom is 0.270 e. The van der Waals surface area contributed by atoms with Crippen LogP contribution in [0.4, 0.5) is 5.69 Å². The first kappa shape index (κ1) is 13.9. The van der Waals surface area contributed by atoms with E-state index in [1.807, 2.05) is 12.1 Å². The van der Waals surface area contributed by atoms with Crippen molar-refractivity contribution in [3.63, 3.8) is 0 Å². The molecule has 0 saturated heterocycles. The van der Waals surface area contributed by atoms with Gasteiger partial charge >= 0.3 is 0 Å². The third-order valence-corrected chi connectivity index (χ3v) is 3.42. The molecule has 1 amide bonds. The minimum absolute atomic E-state index is 0.0358. The largest absolute Gasteiger partial charge is 0.476 e. The van der Waals surface area contributed by atoms with Gasteiger partial charge in [0.15, 0.2) is 5.60 Å². The number of carbonyl (C=O) groups excluding carboxylic acids is 1. The van der Waals surface area contributed by atoms with Crippen LogP contribution in [0.15, 0.2) is 18.2 Å². The summed E-state index contributed by atoms with van der Waals surface area (Å²) in [5.41, 5.74) is 6.82. The quantitative estimate of drug-likeness (QED) is 0.909. The number of benzene rings is 1. The molecule has 0 aromatic heterocycles. The summed E-state index contributed by atoms with van der Waals surface area (Å²) < 4.78 is 5.81. The molecule has 1 heterocycles. The molecule has 1 aliphatic rings. The van der Waals surface area contributed by atoms with Crippen molar-refractivity contribution in [3.05, 3.63) is 23.8 Å². The van der Waals surface area contributed by atoms with E-state index < -0.39 is 5.60 Å². The monoisotopic (exact) mass is 262 g/mol. The standard InChI is InChI=1S/C15H22N2O2/c1-10(2)11-5-6-13-12(9-11)17(8-7-16)14(18)15(3,4)19-13/h5-6,9-10H,7-8,16H2,1-4H3. The van der Waals surface area contributed by atoms with Crippen LogP contribution in [-0.2, 0) is 4.79 Å². The Labute approximate surface area is 114 Å². The van der Waals surface area contributed by atoms with Crippen LogP contribution >= 0.6 is 0 Å². The second kappa shape index (κ2) is 4.85. The molecular formula is C15H22N2O2. The lowest BCUT2D eigenvalue weighted by molar-refractivity contribution is -0.132. The van der Waals surface area contributed by atoms with Gasteiger partial charge in [0, 0.05) is 13.1 Å². The van der Waals surface area contributed by atoms with Gasteiger partial charge in [0.05, 0.1) is 5.69 Å². The molecule has 104 valence electrons. The predicted molar refractivity (Wildman–Crippen MR) is 76.6 cm³/mol. The molecule has 0 bridgehead atoms. The van der Waals surface area contributed by atoms with Crippen LogP contribution in [0.3, 0.4) is 0 Å². The highest BCUT2D eigenvalue weighted by Crippen LogP contribution is 2.39. The molecule has 4 nitrogen and oxygen atoms in total. The molecule has 1 aromatic rings. The number of nitrogens with zero attached hydrogens (tertiary/aromatic N) is 1. The van der Waals surface area contributed by atoms with E-state index >= 15 is 0 Å². The molecule has 0 unspecified atom stereocenters. The lowest BCUT2D eigenvalue weighted by Crippen LogP contribution is -2.53. The smallest absolute Gasteiger partial charge is 0.270 e. The average molecular weight is 262 g/mol. The van der Waals surface area contributed by atoms with E-state index in [1.165, 1.54) is 5.56 Å². The molecule has 0 spiro atoms. The van der Waals surface area contributed by atoms with E-state index in [1.54, 1.807) is 18.7 Å². The van der Waals surface area contributed by atoms with Gasteiger partial charge in [-0.15, -0.1) is 0 Å². The van der Waals surface area contributed by atoms with E-state index in [4.69, 9.17) is 10.5 Å². The first-order valence-corrected chi connectivity index (χ1v) is 6.72. The number of amides is 1. The number of nitrogens with two attached hydrogens (primary N) is 1. The zero-order chi connectivity index (χ0) is 14.2. The van der Waals surface area contributed by atoms with Gasteiger partial charge < -0.3 is 15.4 Å². The zero-order valence-corrected chi connectivity index (χ0v) is 12.1. The number of rotatable bonds is 3. The fraction of sp³-hybridized carbons (Fsp3) is 0.533. The number of carbonyl (C=O) groups is 1. The molecule has 0 radical (unpaired) electrons. The first-order valence-electron chi connectivity index (χ1n) is 6.72. The van der Waals surface area contributed by atoms with Crippen molar-refractivity contribution < 1.29 is 9.53 Å². The summed E-state index contributed by atoms with van der Waals surface area (Å²) in [5.74, 6) is 1.13. The predicted octanol–water partition coefficient (Wildman–Crippen LogP) is 2.27. The Morgan fingerprint density at radius 3 is 2.63 bits per heavy atom. The molecular weight excluding hydrogens is 240 g/mol. The second-order valence-corrected chi connectivity index (χ2v) is 5.74. The number of hydrogen-bond donors (Lipinski definition) is 1. The van der Waals surface area contributed by atoms with Gasteiger partial charge in [0.2, 0.25) is 0 Å².